The number of hydrogen-bond acceptors (Lipinski definition) is 6. The summed E-state index contributed by atoms with van der Waals surface area (Å²) in [5.41, 5.74) is 6.82. The molecule has 142 valence electrons. The molecule has 0 bridgehead atoms. The maximum absolute atomic E-state index is 9.28. The SMILES string of the molecule is CCC[C@@H](CCO)Nc1nc(N)ncc1OCc1ccc2ccccc2c1. The van der Waals surface area contributed by atoms with E-state index in [1.807, 2.05) is 12.1 Å². The predicted molar refractivity (Wildman–Crippen MR) is 109 cm³/mol. The first-order chi connectivity index (χ1) is 13.2. The van der Waals surface area contributed by atoms with E-state index < -0.39 is 0 Å². The zero-order valence-electron chi connectivity index (χ0n) is 15.6. The van der Waals surface area contributed by atoms with Crippen LogP contribution in [-0.2, 0) is 6.61 Å². The standard InChI is InChI=1S/C21H26N4O2/c1-2-5-18(10-11-26)24-20-19(13-23-21(22)25-20)27-14-15-8-9-16-6-3-4-7-17(16)12-15/h3-4,6-9,12-13,18,26H,2,5,10-11,14H2,1H3,(H3,22,23,24,25)/t18-/m0/s1. The van der Waals surface area contributed by atoms with Gasteiger partial charge in [-0.3, -0.25) is 0 Å². The summed E-state index contributed by atoms with van der Waals surface area (Å²) in [5.74, 6) is 1.31. The van der Waals surface area contributed by atoms with Gasteiger partial charge in [-0.2, -0.15) is 4.98 Å². The lowest BCUT2D eigenvalue weighted by Crippen LogP contribution is -2.22. The highest BCUT2D eigenvalue weighted by Gasteiger charge is 2.13. The first-order valence-corrected chi connectivity index (χ1v) is 9.30. The maximum atomic E-state index is 9.28. The van der Waals surface area contributed by atoms with E-state index in [0.29, 0.717) is 24.6 Å². The third-order valence-corrected chi connectivity index (χ3v) is 4.44. The van der Waals surface area contributed by atoms with Crippen LogP contribution in [0.15, 0.2) is 48.7 Å². The zero-order chi connectivity index (χ0) is 19.1. The van der Waals surface area contributed by atoms with Gasteiger partial charge in [-0.1, -0.05) is 49.7 Å². The minimum absolute atomic E-state index is 0.109. The number of nitrogen functional groups attached to an aromatic ring is 1. The van der Waals surface area contributed by atoms with Crippen molar-refractivity contribution in [2.75, 3.05) is 17.7 Å². The molecule has 3 rings (SSSR count). The molecule has 0 amide bonds. The first-order valence-electron chi connectivity index (χ1n) is 9.30. The Bertz CT molecular complexity index is 879. The van der Waals surface area contributed by atoms with Crippen LogP contribution in [0.3, 0.4) is 0 Å². The number of nitrogens with zero attached hydrogens (tertiary/aromatic N) is 2. The summed E-state index contributed by atoms with van der Waals surface area (Å²) in [6.45, 7) is 2.63. The molecule has 0 fully saturated rings. The van der Waals surface area contributed by atoms with Gasteiger partial charge in [-0.15, -0.1) is 0 Å². The Hall–Kier alpha value is -2.86. The highest BCUT2D eigenvalue weighted by molar-refractivity contribution is 5.82. The fourth-order valence-electron chi connectivity index (χ4n) is 3.07. The second kappa shape index (κ2) is 9.19. The van der Waals surface area contributed by atoms with Crippen LogP contribution in [0.2, 0.25) is 0 Å². The van der Waals surface area contributed by atoms with Crippen molar-refractivity contribution >= 4 is 22.5 Å². The average molecular weight is 366 g/mol. The van der Waals surface area contributed by atoms with Crippen LogP contribution in [0.1, 0.15) is 31.7 Å². The zero-order valence-corrected chi connectivity index (χ0v) is 15.6. The lowest BCUT2D eigenvalue weighted by atomic mass is 10.1. The van der Waals surface area contributed by atoms with Crippen molar-refractivity contribution < 1.29 is 9.84 Å². The molecule has 0 spiro atoms. The normalized spacial score (nSPS) is 12.1. The van der Waals surface area contributed by atoms with E-state index >= 15 is 0 Å². The van der Waals surface area contributed by atoms with Crippen LogP contribution in [0, 0.1) is 0 Å². The predicted octanol–water partition coefficient (Wildman–Crippen LogP) is 3.75. The van der Waals surface area contributed by atoms with Crippen molar-refractivity contribution in [1.82, 2.24) is 9.97 Å². The van der Waals surface area contributed by atoms with Gasteiger partial charge < -0.3 is 20.9 Å². The number of fused-ring (bicyclic) bond motifs is 1. The van der Waals surface area contributed by atoms with Crippen LogP contribution in [0.4, 0.5) is 11.8 Å². The van der Waals surface area contributed by atoms with Crippen molar-refractivity contribution in [3.63, 3.8) is 0 Å². The van der Waals surface area contributed by atoms with Gasteiger partial charge in [0, 0.05) is 12.6 Å². The summed E-state index contributed by atoms with van der Waals surface area (Å²) in [6, 6.07) is 14.6. The number of aliphatic hydroxyl groups is 1. The van der Waals surface area contributed by atoms with Crippen molar-refractivity contribution in [3.8, 4) is 5.75 Å². The molecule has 1 aromatic heterocycles. The Morgan fingerprint density at radius 1 is 1.15 bits per heavy atom. The smallest absolute Gasteiger partial charge is 0.222 e. The first kappa shape index (κ1) is 18.9. The van der Waals surface area contributed by atoms with Crippen molar-refractivity contribution in [3.05, 3.63) is 54.2 Å². The fourth-order valence-corrected chi connectivity index (χ4v) is 3.07. The van der Waals surface area contributed by atoms with Gasteiger partial charge in [-0.05, 0) is 35.2 Å². The number of aliphatic hydroxyl groups excluding tert-OH is 1. The fraction of sp³-hybridized carbons (Fsp3) is 0.333. The third kappa shape index (κ3) is 5.08. The van der Waals surface area contributed by atoms with Gasteiger partial charge in [0.05, 0.1) is 6.20 Å². The molecule has 6 nitrogen and oxygen atoms in total. The van der Waals surface area contributed by atoms with Gasteiger partial charge >= 0.3 is 0 Å². The lowest BCUT2D eigenvalue weighted by molar-refractivity contribution is 0.275. The molecule has 27 heavy (non-hydrogen) atoms. The molecule has 1 heterocycles. The van der Waals surface area contributed by atoms with Gasteiger partial charge in [-0.25, -0.2) is 4.98 Å². The second-order valence-corrected chi connectivity index (χ2v) is 6.55. The molecule has 4 N–H and O–H groups in total. The van der Waals surface area contributed by atoms with E-state index in [2.05, 4.69) is 52.5 Å². The summed E-state index contributed by atoms with van der Waals surface area (Å²) in [6.07, 6.45) is 4.16. The number of benzene rings is 2. The largest absolute Gasteiger partial charge is 0.483 e. The van der Waals surface area contributed by atoms with E-state index in [1.165, 1.54) is 10.8 Å². The highest BCUT2D eigenvalue weighted by atomic mass is 16.5. The molecule has 0 saturated carbocycles. The molecule has 3 aromatic rings. The quantitative estimate of drug-likeness (QED) is 0.534. The average Bonchev–Trinajstić information content (AvgIpc) is 2.67. The molecule has 6 heteroatoms. The molecule has 0 saturated heterocycles. The highest BCUT2D eigenvalue weighted by Crippen LogP contribution is 2.25. The van der Waals surface area contributed by atoms with Crippen LogP contribution in [-0.4, -0.2) is 27.7 Å². The van der Waals surface area contributed by atoms with Gasteiger partial charge in [0.1, 0.15) is 6.61 Å². The molecule has 1 atom stereocenters. The number of ether oxygens (including phenoxy) is 1. The molecule has 0 radical (unpaired) electrons. The van der Waals surface area contributed by atoms with Gasteiger partial charge in [0.15, 0.2) is 11.6 Å². The van der Waals surface area contributed by atoms with Crippen molar-refractivity contribution in [2.24, 2.45) is 0 Å². The number of hydrogen-bond donors (Lipinski definition) is 3. The number of nitrogens with one attached hydrogen (secondary N) is 1. The Morgan fingerprint density at radius 2 is 1.96 bits per heavy atom. The topological polar surface area (TPSA) is 93.3 Å². The summed E-state index contributed by atoms with van der Waals surface area (Å²) in [5, 5.41) is 15.0. The number of nitrogens with two attached hydrogens (primary N) is 1. The number of anilines is 2. The van der Waals surface area contributed by atoms with Gasteiger partial charge in [0.25, 0.3) is 0 Å². The molecule has 0 aliphatic rings. The van der Waals surface area contributed by atoms with E-state index in [0.717, 1.165) is 18.4 Å². The van der Waals surface area contributed by atoms with E-state index in [9.17, 15) is 5.11 Å². The molecule has 0 aliphatic heterocycles. The summed E-state index contributed by atoms with van der Waals surface area (Å²) in [4.78, 5) is 8.34. The summed E-state index contributed by atoms with van der Waals surface area (Å²) in [7, 11) is 0. The minimum Gasteiger partial charge on any atom is -0.483 e. The van der Waals surface area contributed by atoms with Crippen LogP contribution >= 0.6 is 0 Å². The Labute approximate surface area is 159 Å². The third-order valence-electron chi connectivity index (χ3n) is 4.44. The van der Waals surface area contributed by atoms with Crippen LogP contribution in [0.25, 0.3) is 10.8 Å². The van der Waals surface area contributed by atoms with E-state index in [-0.39, 0.29) is 18.6 Å². The Morgan fingerprint density at radius 3 is 2.74 bits per heavy atom. The Kier molecular flexibility index (Phi) is 6.44. The molecular formula is C21H26N4O2. The summed E-state index contributed by atoms with van der Waals surface area (Å²) < 4.78 is 5.98. The second-order valence-electron chi connectivity index (χ2n) is 6.55. The van der Waals surface area contributed by atoms with Gasteiger partial charge in [0.2, 0.25) is 5.95 Å². The van der Waals surface area contributed by atoms with Crippen LogP contribution < -0.4 is 15.8 Å². The van der Waals surface area contributed by atoms with E-state index in [4.69, 9.17) is 10.5 Å². The van der Waals surface area contributed by atoms with Crippen molar-refractivity contribution in [1.29, 1.82) is 0 Å². The molecule has 2 aromatic carbocycles. The maximum Gasteiger partial charge on any atom is 0.222 e. The monoisotopic (exact) mass is 366 g/mol. The number of rotatable bonds is 9. The molecule has 0 unspecified atom stereocenters. The minimum atomic E-state index is 0.109. The summed E-state index contributed by atoms with van der Waals surface area (Å²) >= 11 is 0. The number of aromatic nitrogens is 2. The van der Waals surface area contributed by atoms with Crippen molar-refractivity contribution in [2.45, 2.75) is 38.8 Å². The molecular weight excluding hydrogens is 340 g/mol. The van der Waals surface area contributed by atoms with Crippen LogP contribution in [0.5, 0.6) is 5.75 Å². The lowest BCUT2D eigenvalue weighted by Gasteiger charge is -2.20. The molecule has 0 aliphatic carbocycles. The van der Waals surface area contributed by atoms with E-state index in [1.54, 1.807) is 6.20 Å². The Balaban J connectivity index is 1.75.